The molecule has 0 unspecified atom stereocenters. The van der Waals surface area contributed by atoms with E-state index in [0.717, 1.165) is 31.8 Å². The number of nitrogens with one attached hydrogen (secondary N) is 1. The van der Waals surface area contributed by atoms with E-state index in [9.17, 15) is 4.79 Å². The first-order valence-corrected chi connectivity index (χ1v) is 6.05. The van der Waals surface area contributed by atoms with Crippen molar-refractivity contribution < 1.29 is 4.79 Å². The highest BCUT2D eigenvalue weighted by Gasteiger charge is 2.20. The van der Waals surface area contributed by atoms with Crippen molar-refractivity contribution in [3.8, 4) is 0 Å². The normalized spacial score (nSPS) is 16.0. The van der Waals surface area contributed by atoms with Crippen LogP contribution in [0.3, 0.4) is 0 Å². The Bertz CT molecular complexity index is 383. The molecule has 94 valence electrons. The third kappa shape index (κ3) is 2.95. The zero-order valence-corrected chi connectivity index (χ0v) is 10.4. The van der Waals surface area contributed by atoms with Gasteiger partial charge in [-0.3, -0.25) is 5.10 Å². The number of likely N-dealkylation sites (tertiary alicyclic amines) is 1. The van der Waals surface area contributed by atoms with Gasteiger partial charge in [0.2, 0.25) is 0 Å². The van der Waals surface area contributed by atoms with Crippen LogP contribution in [0.2, 0.25) is 0 Å². The third-order valence-electron chi connectivity index (χ3n) is 2.98. The number of H-pyrrole nitrogens is 1. The van der Waals surface area contributed by atoms with E-state index in [4.69, 9.17) is 0 Å². The summed E-state index contributed by atoms with van der Waals surface area (Å²) >= 11 is 0. The van der Waals surface area contributed by atoms with E-state index in [0.29, 0.717) is 12.4 Å². The Balaban J connectivity index is 1.90. The maximum Gasteiger partial charge on any atom is 0.320 e. The topological polar surface area (TPSA) is 65.1 Å². The van der Waals surface area contributed by atoms with Crippen molar-refractivity contribution in [2.75, 3.05) is 20.1 Å². The fourth-order valence-electron chi connectivity index (χ4n) is 2.07. The monoisotopic (exact) mass is 237 g/mol. The molecule has 6 nitrogen and oxygen atoms in total. The SMILES string of the molecule is Cc1nc(CN(C)C(=O)N2CCCCC2)n[nH]1. The van der Waals surface area contributed by atoms with E-state index in [1.165, 1.54) is 6.42 Å². The highest BCUT2D eigenvalue weighted by atomic mass is 16.2. The molecule has 0 radical (unpaired) electrons. The number of amides is 2. The summed E-state index contributed by atoms with van der Waals surface area (Å²) in [6.45, 7) is 4.05. The van der Waals surface area contributed by atoms with Gasteiger partial charge in [-0.2, -0.15) is 5.10 Å². The second kappa shape index (κ2) is 5.16. The molecule has 0 atom stereocenters. The molecule has 1 aliphatic rings. The Morgan fingerprint density at radius 3 is 2.71 bits per heavy atom. The number of nitrogens with zero attached hydrogens (tertiary/aromatic N) is 4. The maximum absolute atomic E-state index is 12.1. The number of aryl methyl sites for hydroxylation is 1. The Morgan fingerprint density at radius 2 is 2.12 bits per heavy atom. The van der Waals surface area contributed by atoms with Crippen LogP contribution in [0.15, 0.2) is 0 Å². The van der Waals surface area contributed by atoms with E-state index >= 15 is 0 Å². The minimum Gasteiger partial charge on any atom is -0.325 e. The van der Waals surface area contributed by atoms with Crippen LogP contribution in [-0.4, -0.2) is 51.1 Å². The van der Waals surface area contributed by atoms with E-state index in [2.05, 4.69) is 15.2 Å². The van der Waals surface area contributed by atoms with E-state index in [1.54, 1.807) is 11.9 Å². The highest BCUT2D eigenvalue weighted by molar-refractivity contribution is 5.74. The summed E-state index contributed by atoms with van der Waals surface area (Å²) in [6.07, 6.45) is 3.45. The van der Waals surface area contributed by atoms with Gasteiger partial charge in [0.15, 0.2) is 5.82 Å². The molecular formula is C11H19N5O. The number of carbonyl (C=O) groups is 1. The summed E-state index contributed by atoms with van der Waals surface area (Å²) in [5.74, 6) is 1.44. The lowest BCUT2D eigenvalue weighted by atomic mass is 10.1. The molecule has 6 heteroatoms. The molecule has 1 aromatic heterocycles. The predicted molar refractivity (Wildman–Crippen MR) is 63.4 cm³/mol. The van der Waals surface area contributed by atoms with Gasteiger partial charge in [-0.1, -0.05) is 0 Å². The summed E-state index contributed by atoms with van der Waals surface area (Å²) in [6, 6.07) is 0.0761. The van der Waals surface area contributed by atoms with Crippen molar-refractivity contribution in [1.82, 2.24) is 25.0 Å². The molecule has 0 saturated carbocycles. The quantitative estimate of drug-likeness (QED) is 0.839. The van der Waals surface area contributed by atoms with Gasteiger partial charge >= 0.3 is 6.03 Å². The van der Waals surface area contributed by atoms with Gasteiger partial charge < -0.3 is 9.80 Å². The second-order valence-corrected chi connectivity index (χ2v) is 4.52. The third-order valence-corrected chi connectivity index (χ3v) is 2.98. The first-order valence-electron chi connectivity index (χ1n) is 6.05. The number of rotatable bonds is 2. The van der Waals surface area contributed by atoms with Crippen molar-refractivity contribution in [3.63, 3.8) is 0 Å². The molecule has 1 saturated heterocycles. The van der Waals surface area contributed by atoms with E-state index < -0.39 is 0 Å². The minimum atomic E-state index is 0.0761. The lowest BCUT2D eigenvalue weighted by molar-refractivity contribution is 0.150. The highest BCUT2D eigenvalue weighted by Crippen LogP contribution is 2.11. The summed E-state index contributed by atoms with van der Waals surface area (Å²) in [4.78, 5) is 19.9. The molecule has 2 rings (SSSR count). The molecule has 0 aromatic carbocycles. The van der Waals surface area contributed by atoms with Gasteiger partial charge in [-0.15, -0.1) is 0 Å². The number of carbonyl (C=O) groups excluding carboxylic acids is 1. The Morgan fingerprint density at radius 1 is 1.41 bits per heavy atom. The van der Waals surface area contributed by atoms with Gasteiger partial charge in [0.25, 0.3) is 0 Å². The van der Waals surface area contributed by atoms with Crippen LogP contribution in [0.1, 0.15) is 30.9 Å². The molecule has 17 heavy (non-hydrogen) atoms. The lowest BCUT2D eigenvalue weighted by Gasteiger charge is -2.30. The molecule has 1 aliphatic heterocycles. The number of urea groups is 1. The summed E-state index contributed by atoms with van der Waals surface area (Å²) in [5.41, 5.74) is 0. The maximum atomic E-state index is 12.1. The number of aromatic amines is 1. The number of aromatic nitrogens is 3. The first-order chi connectivity index (χ1) is 8.16. The second-order valence-electron chi connectivity index (χ2n) is 4.52. The van der Waals surface area contributed by atoms with Crippen molar-refractivity contribution in [1.29, 1.82) is 0 Å². The fraction of sp³-hybridized carbons (Fsp3) is 0.727. The largest absolute Gasteiger partial charge is 0.325 e. The van der Waals surface area contributed by atoms with Crippen molar-refractivity contribution in [2.24, 2.45) is 0 Å². The van der Waals surface area contributed by atoms with Gasteiger partial charge in [-0.05, 0) is 26.2 Å². The van der Waals surface area contributed by atoms with Crippen LogP contribution in [-0.2, 0) is 6.54 Å². The van der Waals surface area contributed by atoms with Crippen LogP contribution >= 0.6 is 0 Å². The van der Waals surface area contributed by atoms with Crippen LogP contribution in [0.5, 0.6) is 0 Å². The van der Waals surface area contributed by atoms with Crippen molar-refractivity contribution >= 4 is 6.03 Å². The smallest absolute Gasteiger partial charge is 0.320 e. The minimum absolute atomic E-state index is 0.0761. The molecule has 0 spiro atoms. The Kier molecular flexibility index (Phi) is 3.61. The Labute approximate surface area is 101 Å². The molecule has 0 aliphatic carbocycles. The fourth-order valence-corrected chi connectivity index (χ4v) is 2.07. The summed E-state index contributed by atoms with van der Waals surface area (Å²) < 4.78 is 0. The molecule has 2 amide bonds. The van der Waals surface area contributed by atoms with Crippen LogP contribution in [0.25, 0.3) is 0 Å². The van der Waals surface area contributed by atoms with E-state index in [-0.39, 0.29) is 6.03 Å². The van der Waals surface area contributed by atoms with E-state index in [1.807, 2.05) is 11.8 Å². The lowest BCUT2D eigenvalue weighted by Crippen LogP contribution is -2.43. The van der Waals surface area contributed by atoms with Gasteiger partial charge in [0.05, 0.1) is 6.54 Å². The molecular weight excluding hydrogens is 218 g/mol. The van der Waals surface area contributed by atoms with Crippen LogP contribution in [0, 0.1) is 6.92 Å². The van der Waals surface area contributed by atoms with Crippen molar-refractivity contribution in [2.45, 2.75) is 32.7 Å². The molecule has 0 bridgehead atoms. The molecule has 2 heterocycles. The average molecular weight is 237 g/mol. The van der Waals surface area contributed by atoms with Gasteiger partial charge in [0, 0.05) is 20.1 Å². The summed E-state index contributed by atoms with van der Waals surface area (Å²) in [5, 5.41) is 6.81. The number of piperidine rings is 1. The van der Waals surface area contributed by atoms with Crippen LogP contribution in [0.4, 0.5) is 4.79 Å². The Hall–Kier alpha value is -1.59. The summed E-state index contributed by atoms with van der Waals surface area (Å²) in [7, 11) is 1.79. The number of hydrogen-bond donors (Lipinski definition) is 1. The zero-order valence-electron chi connectivity index (χ0n) is 10.4. The molecule has 1 aromatic rings. The average Bonchev–Trinajstić information content (AvgIpc) is 2.75. The van der Waals surface area contributed by atoms with Gasteiger partial charge in [-0.25, -0.2) is 9.78 Å². The molecule has 1 N–H and O–H groups in total. The van der Waals surface area contributed by atoms with Crippen molar-refractivity contribution in [3.05, 3.63) is 11.6 Å². The zero-order chi connectivity index (χ0) is 12.3. The first kappa shape index (κ1) is 11.9. The number of hydrogen-bond acceptors (Lipinski definition) is 3. The standard InChI is InChI=1S/C11H19N5O/c1-9-12-10(14-13-9)8-15(2)11(17)16-6-4-3-5-7-16/h3-8H2,1-2H3,(H,12,13,14). The van der Waals surface area contributed by atoms with Crippen LogP contribution < -0.4 is 0 Å². The predicted octanol–water partition coefficient (Wildman–Crippen LogP) is 1.15. The molecule has 1 fully saturated rings. The van der Waals surface area contributed by atoms with Gasteiger partial charge in [0.1, 0.15) is 5.82 Å².